The first kappa shape index (κ1) is 15.8. The summed E-state index contributed by atoms with van der Waals surface area (Å²) < 4.78 is -0.289. The lowest BCUT2D eigenvalue weighted by Gasteiger charge is -2.15. The lowest BCUT2D eigenvalue weighted by atomic mass is 10.2. The lowest BCUT2D eigenvalue weighted by molar-refractivity contribution is -0.119. The number of aryl methyl sites for hydroxylation is 1. The molecular formula is C13H10Cl3N3O2. The molecular weight excluding hydrogens is 337 g/mol. The Morgan fingerprint density at radius 1 is 1.10 bits per heavy atom. The van der Waals surface area contributed by atoms with Gasteiger partial charge in [-0.25, -0.2) is 14.7 Å². The molecule has 0 aromatic heterocycles. The van der Waals surface area contributed by atoms with Crippen LogP contribution in [0, 0.1) is 6.92 Å². The Morgan fingerprint density at radius 2 is 1.67 bits per heavy atom. The molecule has 0 aliphatic carbocycles. The molecule has 0 atom stereocenters. The van der Waals surface area contributed by atoms with Crippen LogP contribution in [0.3, 0.4) is 0 Å². The first-order chi connectivity index (χ1) is 9.82. The molecule has 0 N–H and O–H groups in total. The quantitative estimate of drug-likeness (QED) is 0.606. The van der Waals surface area contributed by atoms with Gasteiger partial charge in [-0.15, -0.1) is 0 Å². The molecule has 0 saturated carbocycles. The van der Waals surface area contributed by atoms with Crippen molar-refractivity contribution in [3.63, 3.8) is 0 Å². The van der Waals surface area contributed by atoms with Crippen molar-refractivity contribution >= 4 is 58.3 Å². The van der Waals surface area contributed by atoms with Gasteiger partial charge in [0.1, 0.15) is 4.49 Å². The van der Waals surface area contributed by atoms with E-state index >= 15 is 0 Å². The Morgan fingerprint density at radius 3 is 2.19 bits per heavy atom. The normalized spacial score (nSPS) is 16.9. The van der Waals surface area contributed by atoms with Gasteiger partial charge >= 0.3 is 6.03 Å². The summed E-state index contributed by atoms with van der Waals surface area (Å²) in [5, 5.41) is -0.262. The topological polar surface area (TPSA) is 53.0 Å². The minimum Gasteiger partial charge on any atom is -0.265 e. The monoisotopic (exact) mass is 345 g/mol. The van der Waals surface area contributed by atoms with Crippen LogP contribution in [0.2, 0.25) is 0 Å². The van der Waals surface area contributed by atoms with Gasteiger partial charge in [-0.1, -0.05) is 52.5 Å². The van der Waals surface area contributed by atoms with Crippen LogP contribution >= 0.6 is 34.8 Å². The fourth-order valence-corrected chi connectivity index (χ4v) is 1.90. The van der Waals surface area contributed by atoms with Crippen molar-refractivity contribution in [1.82, 2.24) is 4.90 Å². The van der Waals surface area contributed by atoms with Crippen molar-refractivity contribution in [2.45, 2.75) is 6.92 Å². The highest BCUT2D eigenvalue weighted by Crippen LogP contribution is 2.25. The first-order valence-corrected chi connectivity index (χ1v) is 6.94. The van der Waals surface area contributed by atoms with Gasteiger partial charge in [0.25, 0.3) is 5.91 Å². The molecule has 21 heavy (non-hydrogen) atoms. The van der Waals surface area contributed by atoms with E-state index in [-0.39, 0.29) is 15.5 Å². The van der Waals surface area contributed by atoms with Gasteiger partial charge < -0.3 is 0 Å². The summed E-state index contributed by atoms with van der Waals surface area (Å²) in [6.45, 7) is 1.91. The van der Waals surface area contributed by atoms with E-state index in [2.05, 4.69) is 4.99 Å². The van der Waals surface area contributed by atoms with Crippen LogP contribution in [-0.4, -0.2) is 29.7 Å². The highest BCUT2D eigenvalue weighted by Gasteiger charge is 2.41. The third-order valence-corrected chi connectivity index (χ3v) is 3.66. The number of aliphatic imine (C=N–C) groups is 1. The van der Waals surface area contributed by atoms with Crippen LogP contribution in [-0.2, 0) is 4.79 Å². The largest absolute Gasteiger partial charge is 0.337 e. The van der Waals surface area contributed by atoms with Gasteiger partial charge in [0.05, 0.1) is 5.69 Å². The van der Waals surface area contributed by atoms with E-state index in [1.807, 2.05) is 19.1 Å². The fourth-order valence-electron chi connectivity index (χ4n) is 1.73. The third kappa shape index (κ3) is 3.05. The molecule has 0 radical (unpaired) electrons. The number of carbonyl (C=O) groups is 2. The molecule has 1 aliphatic rings. The van der Waals surface area contributed by atoms with Crippen molar-refractivity contribution in [3.8, 4) is 0 Å². The summed E-state index contributed by atoms with van der Waals surface area (Å²) in [7, 11) is 1.36. The van der Waals surface area contributed by atoms with Gasteiger partial charge in [0, 0.05) is 7.05 Å². The summed E-state index contributed by atoms with van der Waals surface area (Å²) >= 11 is 16.8. The minimum atomic E-state index is -0.590. The summed E-state index contributed by atoms with van der Waals surface area (Å²) in [5.74, 6) is -0.747. The van der Waals surface area contributed by atoms with Gasteiger partial charge in [-0.3, -0.25) is 9.69 Å². The third-order valence-electron chi connectivity index (χ3n) is 2.84. The number of hydrogen-bond acceptors (Lipinski definition) is 3. The fraction of sp³-hybridized carbons (Fsp3) is 0.154. The van der Waals surface area contributed by atoms with E-state index in [0.29, 0.717) is 5.69 Å². The molecule has 110 valence electrons. The Labute approximate surface area is 136 Å². The van der Waals surface area contributed by atoms with Crippen molar-refractivity contribution in [2.24, 2.45) is 4.99 Å². The number of imide groups is 1. The van der Waals surface area contributed by atoms with Crippen LogP contribution in [0.25, 0.3) is 0 Å². The van der Waals surface area contributed by atoms with E-state index in [1.54, 1.807) is 12.1 Å². The van der Waals surface area contributed by atoms with Gasteiger partial charge in [0.2, 0.25) is 5.84 Å². The number of amides is 3. The molecule has 5 nitrogen and oxygen atoms in total. The number of amidine groups is 1. The average molecular weight is 347 g/mol. The van der Waals surface area contributed by atoms with Crippen molar-refractivity contribution in [1.29, 1.82) is 0 Å². The number of halogens is 3. The molecule has 1 aromatic carbocycles. The highest BCUT2D eigenvalue weighted by atomic mass is 35.5. The molecule has 0 spiro atoms. The second-order valence-electron chi connectivity index (χ2n) is 4.30. The number of nitrogens with zero attached hydrogens (tertiary/aromatic N) is 3. The van der Waals surface area contributed by atoms with Gasteiger partial charge in [-0.2, -0.15) is 0 Å². The number of carbonyl (C=O) groups excluding carboxylic acids is 2. The average Bonchev–Trinajstić information content (AvgIpc) is 2.65. The second kappa shape index (κ2) is 6.05. The second-order valence-corrected chi connectivity index (χ2v) is 5.61. The summed E-state index contributed by atoms with van der Waals surface area (Å²) in [5.41, 5.74) is 1.52. The number of benzene rings is 1. The summed E-state index contributed by atoms with van der Waals surface area (Å²) in [6.07, 6.45) is 0. The molecule has 8 heteroatoms. The number of urea groups is 1. The molecule has 1 fully saturated rings. The molecule has 1 saturated heterocycles. The highest BCUT2D eigenvalue weighted by molar-refractivity contribution is 6.60. The van der Waals surface area contributed by atoms with Crippen LogP contribution in [0.1, 0.15) is 5.56 Å². The Kier molecular flexibility index (Phi) is 4.56. The van der Waals surface area contributed by atoms with E-state index < -0.39 is 11.9 Å². The number of likely N-dealkylation sites (N-methyl/N-ethyl adjacent to an activating group) is 1. The Balaban J connectivity index is 2.55. The zero-order valence-corrected chi connectivity index (χ0v) is 13.4. The van der Waals surface area contributed by atoms with E-state index in [0.717, 1.165) is 15.4 Å². The maximum Gasteiger partial charge on any atom is 0.337 e. The van der Waals surface area contributed by atoms with Crippen molar-refractivity contribution in [3.05, 3.63) is 39.5 Å². The molecule has 0 unspecified atom stereocenters. The first-order valence-electron chi connectivity index (χ1n) is 5.81. The lowest BCUT2D eigenvalue weighted by Crippen LogP contribution is -2.31. The van der Waals surface area contributed by atoms with Gasteiger partial charge in [-0.05, 0) is 19.1 Å². The molecule has 1 aliphatic heterocycles. The predicted octanol–water partition coefficient (Wildman–Crippen LogP) is 3.63. The number of rotatable bonds is 2. The minimum absolute atomic E-state index is 0.157. The van der Waals surface area contributed by atoms with Crippen LogP contribution in [0.5, 0.6) is 0 Å². The smallest absolute Gasteiger partial charge is 0.265 e. The zero-order chi connectivity index (χ0) is 15.7. The molecule has 2 rings (SSSR count). The SMILES string of the molecule is Cc1ccc(N2C(=O)N(C)C(=O)C2=NC(Cl)=C(Cl)Cl)cc1. The summed E-state index contributed by atoms with van der Waals surface area (Å²) in [6, 6.07) is 6.51. The molecule has 1 aromatic rings. The standard InChI is InChI=1S/C13H10Cl3N3O2/c1-7-3-5-8(6-4-7)19-11(17-10(16)9(14)15)12(20)18(2)13(19)21/h3-6H,1-2H3. The van der Waals surface area contributed by atoms with Gasteiger partial charge in [0.15, 0.2) is 5.16 Å². The van der Waals surface area contributed by atoms with Crippen LogP contribution in [0.15, 0.2) is 38.9 Å². The van der Waals surface area contributed by atoms with E-state index in [9.17, 15) is 9.59 Å². The Bertz CT molecular complexity index is 664. The maximum absolute atomic E-state index is 12.2. The molecule has 1 heterocycles. The zero-order valence-electron chi connectivity index (χ0n) is 11.1. The number of hydrogen-bond donors (Lipinski definition) is 0. The van der Waals surface area contributed by atoms with Crippen LogP contribution < -0.4 is 4.90 Å². The van der Waals surface area contributed by atoms with E-state index in [4.69, 9.17) is 34.8 Å². The van der Waals surface area contributed by atoms with Crippen molar-refractivity contribution in [2.75, 3.05) is 11.9 Å². The summed E-state index contributed by atoms with van der Waals surface area (Å²) in [4.78, 5) is 30.2. The predicted molar refractivity (Wildman–Crippen MR) is 83.8 cm³/mol. The van der Waals surface area contributed by atoms with E-state index in [1.165, 1.54) is 7.05 Å². The maximum atomic E-state index is 12.2. The Hall–Kier alpha value is -1.56. The molecule has 0 bridgehead atoms. The van der Waals surface area contributed by atoms with Crippen molar-refractivity contribution < 1.29 is 9.59 Å². The molecule has 3 amide bonds. The number of anilines is 1. The van der Waals surface area contributed by atoms with Crippen LogP contribution in [0.4, 0.5) is 10.5 Å².